The molecule has 0 saturated carbocycles. The lowest BCUT2D eigenvalue weighted by atomic mass is 9.87. The molecule has 4 atom stereocenters. The fourth-order valence-electron chi connectivity index (χ4n) is 1.47. The molecule has 0 unspecified atom stereocenters. The lowest BCUT2D eigenvalue weighted by Crippen LogP contribution is -2.17. The van der Waals surface area contributed by atoms with E-state index in [4.69, 9.17) is 4.74 Å². The van der Waals surface area contributed by atoms with Gasteiger partial charge in [-0.05, 0) is 11.8 Å². The van der Waals surface area contributed by atoms with Crippen LogP contribution in [0, 0.1) is 11.8 Å². The first kappa shape index (κ1) is 5.48. The molecule has 1 saturated heterocycles. The Morgan fingerprint density at radius 1 is 1.22 bits per heavy atom. The van der Waals surface area contributed by atoms with Gasteiger partial charge in [-0.2, -0.15) is 0 Å². The summed E-state index contributed by atoms with van der Waals surface area (Å²) in [5.74, 6) is 1.45. The first-order valence-electron chi connectivity index (χ1n) is 3.63. The molecule has 1 fully saturated rings. The largest absolute Gasteiger partial charge is 0.365 e. The normalized spacial score (nSPS) is 54.9. The third-order valence-corrected chi connectivity index (χ3v) is 2.51. The molecule has 1 aliphatic heterocycles. The van der Waals surface area contributed by atoms with Gasteiger partial charge in [-0.15, -0.1) is 0 Å². The average molecular weight is 124 g/mol. The molecular weight excluding hydrogens is 112 g/mol. The van der Waals surface area contributed by atoms with Gasteiger partial charge in [0.25, 0.3) is 0 Å². The van der Waals surface area contributed by atoms with Gasteiger partial charge in [0.2, 0.25) is 0 Å². The Balaban J connectivity index is 2.16. The lowest BCUT2D eigenvalue weighted by molar-refractivity contribution is 0.307. The van der Waals surface area contributed by atoms with E-state index in [-0.39, 0.29) is 0 Å². The molecule has 1 aliphatic carbocycles. The number of hydrogen-bond acceptors (Lipinski definition) is 1. The fourth-order valence-corrected chi connectivity index (χ4v) is 1.47. The maximum absolute atomic E-state index is 5.37. The minimum Gasteiger partial charge on any atom is -0.365 e. The zero-order valence-electron chi connectivity index (χ0n) is 5.87. The summed E-state index contributed by atoms with van der Waals surface area (Å²) in [4.78, 5) is 0. The highest BCUT2D eigenvalue weighted by Gasteiger charge is 2.44. The predicted octanol–water partition coefficient (Wildman–Crippen LogP) is 1.60. The fraction of sp³-hybridized carbons (Fsp3) is 0.750. The molecule has 50 valence electrons. The summed E-state index contributed by atoms with van der Waals surface area (Å²) in [7, 11) is 0. The van der Waals surface area contributed by atoms with Crippen LogP contribution in [0.3, 0.4) is 0 Å². The van der Waals surface area contributed by atoms with Gasteiger partial charge < -0.3 is 4.74 Å². The van der Waals surface area contributed by atoms with Crippen molar-refractivity contribution in [2.45, 2.75) is 26.1 Å². The van der Waals surface area contributed by atoms with Crippen LogP contribution in [-0.2, 0) is 4.74 Å². The summed E-state index contributed by atoms with van der Waals surface area (Å²) < 4.78 is 5.37. The smallest absolute Gasteiger partial charge is 0.103 e. The molecule has 0 aromatic rings. The number of hydrogen-bond donors (Lipinski definition) is 0. The molecular formula is C8H12O. The van der Waals surface area contributed by atoms with E-state index < -0.39 is 0 Å². The first-order chi connectivity index (χ1) is 4.29. The monoisotopic (exact) mass is 124 g/mol. The van der Waals surface area contributed by atoms with Crippen LogP contribution in [0.25, 0.3) is 0 Å². The molecule has 1 heteroatoms. The van der Waals surface area contributed by atoms with Crippen molar-refractivity contribution >= 4 is 0 Å². The topological polar surface area (TPSA) is 12.5 Å². The standard InChI is InChI=1S/C8H12O/c1-5-3-4-7-8(9-7)6(5)2/h3-8H,1-2H3/t5-,6-,7-,8+/m1/s1. The summed E-state index contributed by atoms with van der Waals surface area (Å²) in [6, 6.07) is 0. The minimum atomic E-state index is 0.483. The maximum Gasteiger partial charge on any atom is 0.103 e. The molecule has 1 nitrogen and oxygen atoms in total. The van der Waals surface area contributed by atoms with Crippen LogP contribution in [0.2, 0.25) is 0 Å². The van der Waals surface area contributed by atoms with Crippen molar-refractivity contribution in [3.05, 3.63) is 12.2 Å². The average Bonchev–Trinajstić information content (AvgIpc) is 2.58. The van der Waals surface area contributed by atoms with Crippen molar-refractivity contribution in [3.63, 3.8) is 0 Å². The highest BCUT2D eigenvalue weighted by atomic mass is 16.6. The number of fused-ring (bicyclic) bond motifs is 1. The van der Waals surface area contributed by atoms with E-state index in [9.17, 15) is 0 Å². The summed E-state index contributed by atoms with van der Waals surface area (Å²) >= 11 is 0. The van der Waals surface area contributed by atoms with E-state index in [0.717, 1.165) is 5.92 Å². The number of allylic oxidation sites excluding steroid dienone is 1. The lowest BCUT2D eigenvalue weighted by Gasteiger charge is -2.15. The Kier molecular flexibility index (Phi) is 0.974. The van der Waals surface area contributed by atoms with Crippen LogP contribution >= 0.6 is 0 Å². The summed E-state index contributed by atoms with van der Waals surface area (Å²) in [5, 5.41) is 0. The van der Waals surface area contributed by atoms with Crippen LogP contribution in [0.5, 0.6) is 0 Å². The van der Waals surface area contributed by atoms with Crippen molar-refractivity contribution in [2.24, 2.45) is 11.8 Å². The second-order valence-electron chi connectivity index (χ2n) is 3.17. The molecule has 0 N–H and O–H groups in total. The Labute approximate surface area is 55.7 Å². The Hall–Kier alpha value is -0.300. The predicted molar refractivity (Wildman–Crippen MR) is 36.1 cm³/mol. The molecule has 1 heterocycles. The highest BCUT2D eigenvalue weighted by molar-refractivity contribution is 5.12. The minimum absolute atomic E-state index is 0.483. The quantitative estimate of drug-likeness (QED) is 0.353. The number of epoxide rings is 1. The molecule has 0 aromatic carbocycles. The van der Waals surface area contributed by atoms with Gasteiger partial charge >= 0.3 is 0 Å². The second kappa shape index (κ2) is 1.60. The van der Waals surface area contributed by atoms with Crippen molar-refractivity contribution in [1.29, 1.82) is 0 Å². The molecule has 0 amide bonds. The maximum atomic E-state index is 5.37. The van der Waals surface area contributed by atoms with Crippen LogP contribution in [0.4, 0.5) is 0 Å². The second-order valence-corrected chi connectivity index (χ2v) is 3.17. The van der Waals surface area contributed by atoms with Crippen LogP contribution < -0.4 is 0 Å². The van der Waals surface area contributed by atoms with Crippen LogP contribution in [-0.4, -0.2) is 12.2 Å². The van der Waals surface area contributed by atoms with Crippen molar-refractivity contribution in [1.82, 2.24) is 0 Å². The van der Waals surface area contributed by atoms with E-state index in [0.29, 0.717) is 18.1 Å². The van der Waals surface area contributed by atoms with Gasteiger partial charge in [0.1, 0.15) is 6.10 Å². The van der Waals surface area contributed by atoms with Crippen molar-refractivity contribution < 1.29 is 4.74 Å². The Bertz CT molecular complexity index is 151. The molecule has 0 spiro atoms. The van der Waals surface area contributed by atoms with Gasteiger partial charge in [-0.1, -0.05) is 26.0 Å². The van der Waals surface area contributed by atoms with Gasteiger partial charge in [0.15, 0.2) is 0 Å². The van der Waals surface area contributed by atoms with Crippen molar-refractivity contribution in [3.8, 4) is 0 Å². The van der Waals surface area contributed by atoms with E-state index in [1.807, 2.05) is 0 Å². The Morgan fingerprint density at radius 3 is 2.67 bits per heavy atom. The molecule has 2 aliphatic rings. The zero-order chi connectivity index (χ0) is 6.43. The van der Waals surface area contributed by atoms with Gasteiger partial charge in [0, 0.05) is 0 Å². The number of ether oxygens (including phenoxy) is 1. The first-order valence-corrected chi connectivity index (χ1v) is 3.63. The summed E-state index contributed by atoms with van der Waals surface area (Å²) in [6.45, 7) is 4.51. The SMILES string of the molecule is C[C@H]1[C@@H]2O[C@@H]2C=C[C@H]1C. The molecule has 0 aromatic heterocycles. The highest BCUT2D eigenvalue weighted by Crippen LogP contribution is 2.38. The molecule has 0 radical (unpaired) electrons. The van der Waals surface area contributed by atoms with Gasteiger partial charge in [0.05, 0.1) is 6.10 Å². The summed E-state index contributed by atoms with van der Waals surface area (Å²) in [6.07, 6.45) is 5.50. The van der Waals surface area contributed by atoms with Crippen molar-refractivity contribution in [2.75, 3.05) is 0 Å². The number of rotatable bonds is 0. The van der Waals surface area contributed by atoms with Gasteiger partial charge in [-0.25, -0.2) is 0 Å². The van der Waals surface area contributed by atoms with E-state index in [1.165, 1.54) is 0 Å². The zero-order valence-corrected chi connectivity index (χ0v) is 5.87. The molecule has 0 bridgehead atoms. The third kappa shape index (κ3) is 0.715. The molecule has 2 rings (SSSR count). The van der Waals surface area contributed by atoms with Crippen LogP contribution in [0.15, 0.2) is 12.2 Å². The van der Waals surface area contributed by atoms with E-state index in [2.05, 4.69) is 26.0 Å². The Morgan fingerprint density at radius 2 is 2.00 bits per heavy atom. The van der Waals surface area contributed by atoms with Crippen LogP contribution in [0.1, 0.15) is 13.8 Å². The van der Waals surface area contributed by atoms with E-state index in [1.54, 1.807) is 0 Å². The van der Waals surface area contributed by atoms with E-state index >= 15 is 0 Å². The molecule has 9 heavy (non-hydrogen) atoms. The summed E-state index contributed by atoms with van der Waals surface area (Å²) in [5.41, 5.74) is 0. The third-order valence-electron chi connectivity index (χ3n) is 2.51. The van der Waals surface area contributed by atoms with Gasteiger partial charge in [-0.3, -0.25) is 0 Å².